The number of hydrogen-bond acceptors (Lipinski definition) is 4. The van der Waals surface area contributed by atoms with Gasteiger partial charge in [0, 0.05) is 5.56 Å². The molecular formula is C10H9N3O3. The first-order valence-electron chi connectivity index (χ1n) is 4.52. The van der Waals surface area contributed by atoms with Gasteiger partial charge >= 0.3 is 0 Å². The number of nitrogens with zero attached hydrogens (tertiary/aromatic N) is 1. The molecule has 0 spiro atoms. The van der Waals surface area contributed by atoms with Crippen molar-refractivity contribution in [2.45, 2.75) is 6.10 Å². The Hall–Kier alpha value is -2.37. The molecule has 1 unspecified atom stereocenters. The Morgan fingerprint density at radius 3 is 2.69 bits per heavy atom. The van der Waals surface area contributed by atoms with Crippen LogP contribution in [0.4, 0.5) is 5.69 Å². The molecule has 82 valence electrons. The topological polar surface area (TPSA) is 108 Å². The fourth-order valence-electron chi connectivity index (χ4n) is 1.32. The van der Waals surface area contributed by atoms with E-state index in [2.05, 4.69) is 4.99 Å². The van der Waals surface area contributed by atoms with Crippen LogP contribution in [0.5, 0.6) is 5.75 Å². The van der Waals surface area contributed by atoms with E-state index < -0.39 is 17.9 Å². The molecule has 6 nitrogen and oxygen atoms in total. The van der Waals surface area contributed by atoms with Crippen molar-refractivity contribution in [1.29, 1.82) is 0 Å². The molecule has 2 amide bonds. The Labute approximate surface area is 90.9 Å². The maximum Gasteiger partial charge on any atom is 0.264 e. The number of fused-ring (bicyclic) bond motifs is 1. The maximum atomic E-state index is 10.9. The van der Waals surface area contributed by atoms with Crippen molar-refractivity contribution in [2.75, 3.05) is 0 Å². The highest BCUT2D eigenvalue weighted by molar-refractivity contribution is 5.99. The summed E-state index contributed by atoms with van der Waals surface area (Å²) < 4.78 is 5.25. The van der Waals surface area contributed by atoms with Crippen molar-refractivity contribution in [3.05, 3.63) is 23.8 Å². The van der Waals surface area contributed by atoms with Crippen molar-refractivity contribution in [1.82, 2.24) is 0 Å². The van der Waals surface area contributed by atoms with E-state index in [1.54, 1.807) is 0 Å². The quantitative estimate of drug-likeness (QED) is 0.714. The van der Waals surface area contributed by atoms with Crippen LogP contribution < -0.4 is 16.2 Å². The number of amides is 2. The van der Waals surface area contributed by atoms with Crippen molar-refractivity contribution in [2.24, 2.45) is 16.5 Å². The van der Waals surface area contributed by atoms with Gasteiger partial charge in [0.1, 0.15) is 11.4 Å². The number of hydrogen-bond donors (Lipinski definition) is 2. The van der Waals surface area contributed by atoms with Crippen LogP contribution in [0.1, 0.15) is 10.4 Å². The van der Waals surface area contributed by atoms with Gasteiger partial charge in [0.15, 0.2) is 0 Å². The molecular weight excluding hydrogens is 210 g/mol. The van der Waals surface area contributed by atoms with Gasteiger partial charge in [0.05, 0.1) is 6.21 Å². The third-order valence-electron chi connectivity index (χ3n) is 2.13. The van der Waals surface area contributed by atoms with Gasteiger partial charge in [-0.3, -0.25) is 14.6 Å². The number of nitrogens with two attached hydrogens (primary N) is 2. The first-order chi connectivity index (χ1) is 7.58. The molecule has 1 aliphatic heterocycles. The van der Waals surface area contributed by atoms with Crippen LogP contribution >= 0.6 is 0 Å². The lowest BCUT2D eigenvalue weighted by Crippen LogP contribution is -2.36. The molecule has 1 aromatic carbocycles. The summed E-state index contributed by atoms with van der Waals surface area (Å²) >= 11 is 0. The van der Waals surface area contributed by atoms with Crippen molar-refractivity contribution >= 4 is 23.7 Å². The zero-order valence-corrected chi connectivity index (χ0v) is 8.21. The second-order valence-corrected chi connectivity index (χ2v) is 3.27. The van der Waals surface area contributed by atoms with E-state index in [-0.39, 0.29) is 0 Å². The Morgan fingerprint density at radius 2 is 2.06 bits per heavy atom. The first-order valence-corrected chi connectivity index (χ1v) is 4.52. The summed E-state index contributed by atoms with van der Waals surface area (Å²) in [5.41, 5.74) is 11.0. The standard InChI is InChI=1S/C10H9N3O3/c11-9(14)5-1-2-7-6(3-5)13-4-8(16-7)10(12)15/h1-4,8H,(H2,11,14)(H2,12,15). The van der Waals surface area contributed by atoms with E-state index in [0.717, 1.165) is 0 Å². The Kier molecular flexibility index (Phi) is 2.32. The summed E-state index contributed by atoms with van der Waals surface area (Å²) in [7, 11) is 0. The normalized spacial score (nSPS) is 17.4. The highest BCUT2D eigenvalue weighted by atomic mass is 16.5. The minimum absolute atomic E-state index is 0.331. The second-order valence-electron chi connectivity index (χ2n) is 3.27. The van der Waals surface area contributed by atoms with Crippen LogP contribution in [0.2, 0.25) is 0 Å². The summed E-state index contributed by atoms with van der Waals surface area (Å²) in [6.45, 7) is 0. The molecule has 0 saturated heterocycles. The van der Waals surface area contributed by atoms with Crippen molar-refractivity contribution < 1.29 is 14.3 Å². The van der Waals surface area contributed by atoms with Crippen LogP contribution in [-0.2, 0) is 4.79 Å². The van der Waals surface area contributed by atoms with Crippen LogP contribution in [0.3, 0.4) is 0 Å². The summed E-state index contributed by atoms with van der Waals surface area (Å²) in [4.78, 5) is 25.8. The zero-order chi connectivity index (χ0) is 11.7. The summed E-state index contributed by atoms with van der Waals surface area (Å²) in [5.74, 6) is -0.764. The fraction of sp³-hybridized carbons (Fsp3) is 0.100. The molecule has 2 rings (SSSR count). The molecule has 0 saturated carbocycles. The van der Waals surface area contributed by atoms with Gasteiger partial charge in [-0.2, -0.15) is 0 Å². The van der Waals surface area contributed by atoms with E-state index in [4.69, 9.17) is 16.2 Å². The number of ether oxygens (including phenoxy) is 1. The predicted octanol–water partition coefficient (Wildman–Crippen LogP) is -0.266. The van der Waals surface area contributed by atoms with Gasteiger partial charge in [0.25, 0.3) is 5.91 Å². The van der Waals surface area contributed by atoms with Gasteiger partial charge in [-0.25, -0.2) is 0 Å². The van der Waals surface area contributed by atoms with Crippen LogP contribution in [0.25, 0.3) is 0 Å². The molecule has 1 atom stereocenters. The highest BCUT2D eigenvalue weighted by Gasteiger charge is 2.21. The predicted molar refractivity (Wildman–Crippen MR) is 56.7 cm³/mol. The van der Waals surface area contributed by atoms with Gasteiger partial charge in [-0.1, -0.05) is 0 Å². The average Bonchev–Trinajstić information content (AvgIpc) is 2.27. The third-order valence-corrected chi connectivity index (χ3v) is 2.13. The van der Waals surface area contributed by atoms with E-state index in [1.807, 2.05) is 0 Å². The number of carbonyl (C=O) groups excluding carboxylic acids is 2. The lowest BCUT2D eigenvalue weighted by atomic mass is 10.1. The summed E-state index contributed by atoms with van der Waals surface area (Å²) in [6, 6.07) is 4.52. The molecule has 4 N–H and O–H groups in total. The van der Waals surface area contributed by atoms with E-state index in [0.29, 0.717) is 17.0 Å². The molecule has 1 aliphatic rings. The molecule has 0 aliphatic carbocycles. The van der Waals surface area contributed by atoms with E-state index >= 15 is 0 Å². The van der Waals surface area contributed by atoms with Crippen molar-refractivity contribution in [3.63, 3.8) is 0 Å². The average molecular weight is 219 g/mol. The molecule has 0 bridgehead atoms. The Morgan fingerprint density at radius 1 is 1.31 bits per heavy atom. The monoisotopic (exact) mass is 219 g/mol. The lowest BCUT2D eigenvalue weighted by molar-refractivity contribution is -0.122. The molecule has 1 aromatic rings. The third kappa shape index (κ3) is 1.72. The minimum atomic E-state index is -0.869. The first kappa shape index (κ1) is 10.2. The van der Waals surface area contributed by atoms with Gasteiger partial charge in [0.2, 0.25) is 12.0 Å². The Bertz CT molecular complexity index is 496. The van der Waals surface area contributed by atoms with Gasteiger partial charge in [-0.15, -0.1) is 0 Å². The van der Waals surface area contributed by atoms with Crippen molar-refractivity contribution in [3.8, 4) is 5.75 Å². The molecule has 0 radical (unpaired) electrons. The zero-order valence-electron chi connectivity index (χ0n) is 8.21. The number of benzene rings is 1. The molecule has 6 heteroatoms. The maximum absolute atomic E-state index is 10.9. The van der Waals surface area contributed by atoms with Gasteiger partial charge < -0.3 is 16.2 Å². The Balaban J connectivity index is 2.36. The molecule has 16 heavy (non-hydrogen) atoms. The van der Waals surface area contributed by atoms with Crippen LogP contribution in [-0.4, -0.2) is 24.1 Å². The van der Waals surface area contributed by atoms with Crippen LogP contribution in [0, 0.1) is 0 Å². The lowest BCUT2D eigenvalue weighted by Gasteiger charge is -2.18. The number of carbonyl (C=O) groups is 2. The summed E-state index contributed by atoms with van der Waals surface area (Å²) in [6.07, 6.45) is 0.419. The fourth-order valence-corrected chi connectivity index (χ4v) is 1.32. The smallest absolute Gasteiger partial charge is 0.264 e. The summed E-state index contributed by atoms with van der Waals surface area (Å²) in [5, 5.41) is 0. The van der Waals surface area contributed by atoms with Crippen LogP contribution in [0.15, 0.2) is 23.2 Å². The molecule has 1 heterocycles. The van der Waals surface area contributed by atoms with E-state index in [9.17, 15) is 9.59 Å². The van der Waals surface area contributed by atoms with Gasteiger partial charge in [-0.05, 0) is 18.2 Å². The molecule has 0 fully saturated rings. The number of rotatable bonds is 2. The second kappa shape index (κ2) is 3.65. The molecule has 0 aromatic heterocycles. The highest BCUT2D eigenvalue weighted by Crippen LogP contribution is 2.31. The van der Waals surface area contributed by atoms with E-state index in [1.165, 1.54) is 24.4 Å². The largest absolute Gasteiger partial charge is 0.473 e. The SMILES string of the molecule is NC(=O)c1ccc2c(c1)N=CC(C(N)=O)O2. The number of primary amides is 2. The number of aliphatic imine (C=N–C) groups is 1. The minimum Gasteiger partial charge on any atom is -0.473 e.